The van der Waals surface area contributed by atoms with Gasteiger partial charge in [-0.3, -0.25) is 0 Å². The van der Waals surface area contributed by atoms with Crippen molar-refractivity contribution in [2.24, 2.45) is 0 Å². The molecule has 9 heteroatoms. The summed E-state index contributed by atoms with van der Waals surface area (Å²) in [7, 11) is -8.03. The maximum atomic E-state index is 12.9. The predicted molar refractivity (Wildman–Crippen MR) is 112 cm³/mol. The van der Waals surface area contributed by atoms with Crippen LogP contribution in [0.1, 0.15) is 16.7 Å². The molecule has 0 heterocycles. The molecular weight excluding hydrogens is 473 g/mol. The van der Waals surface area contributed by atoms with Gasteiger partial charge in [0.25, 0.3) is 0 Å². The molecule has 0 bridgehead atoms. The zero-order valence-corrected chi connectivity index (χ0v) is 19.9. The molecule has 2 rings (SSSR count). The van der Waals surface area contributed by atoms with Gasteiger partial charge in [-0.1, -0.05) is 43.4 Å². The molecule has 2 aromatic rings. The van der Waals surface area contributed by atoms with Crippen molar-refractivity contribution >= 4 is 39.3 Å². The van der Waals surface area contributed by atoms with Crippen LogP contribution in [0.4, 0.5) is 13.2 Å². The number of rotatable bonds is 4. The van der Waals surface area contributed by atoms with E-state index in [4.69, 9.17) is 0 Å². The van der Waals surface area contributed by atoms with Gasteiger partial charge in [-0.2, -0.15) is 21.6 Å². The lowest BCUT2D eigenvalue weighted by atomic mass is 9.94. The minimum absolute atomic E-state index is 0.176. The average Bonchev–Trinajstić information content (AvgIpc) is 2.46. The zero-order chi connectivity index (χ0) is 21.7. The van der Waals surface area contributed by atoms with Crippen LogP contribution in [0.15, 0.2) is 28.7 Å². The van der Waals surface area contributed by atoms with Gasteiger partial charge in [0, 0.05) is 0 Å². The van der Waals surface area contributed by atoms with Crippen molar-refractivity contribution < 1.29 is 25.8 Å². The Morgan fingerprint density at radius 3 is 1.89 bits per heavy atom. The third kappa shape index (κ3) is 4.63. The minimum Gasteiger partial charge on any atom is -0.375 e. The summed E-state index contributed by atoms with van der Waals surface area (Å²) >= 11 is 3.24. The van der Waals surface area contributed by atoms with Gasteiger partial charge in [0.05, 0.1) is 12.5 Å². The minimum atomic E-state index is -5.76. The SMILES string of the molecule is Cc1cc(C)c(-c2cc(Br)c(OS(=O)(=O)C(F)(F)F)c([Si](C)(C)C)c2)c(C)c1. The van der Waals surface area contributed by atoms with Crippen molar-refractivity contribution in [1.82, 2.24) is 0 Å². The van der Waals surface area contributed by atoms with Crippen LogP contribution < -0.4 is 9.37 Å². The van der Waals surface area contributed by atoms with Crippen LogP contribution in [-0.2, 0) is 10.1 Å². The topological polar surface area (TPSA) is 43.4 Å². The van der Waals surface area contributed by atoms with Gasteiger partial charge in [-0.25, -0.2) is 0 Å². The number of hydrogen-bond donors (Lipinski definition) is 0. The second-order valence-electron chi connectivity index (χ2n) is 7.84. The van der Waals surface area contributed by atoms with E-state index >= 15 is 0 Å². The summed E-state index contributed by atoms with van der Waals surface area (Å²) in [5.41, 5.74) is -0.553. The van der Waals surface area contributed by atoms with Gasteiger partial charge < -0.3 is 4.18 Å². The second-order valence-corrected chi connectivity index (χ2v) is 15.3. The highest BCUT2D eigenvalue weighted by atomic mass is 79.9. The fraction of sp³-hybridized carbons (Fsp3) is 0.368. The van der Waals surface area contributed by atoms with E-state index in [9.17, 15) is 21.6 Å². The standard InChI is InChI=1S/C19H22BrF3O3SSi/c1-11-7-12(2)17(13(3)8-11)14-9-15(20)18(16(10-14)28(4,5)6)26-27(24,25)19(21,22)23/h7-10H,1-6H3. The molecule has 0 saturated heterocycles. The Hall–Kier alpha value is -1.32. The molecule has 0 amide bonds. The van der Waals surface area contributed by atoms with E-state index in [1.807, 2.05) is 52.5 Å². The van der Waals surface area contributed by atoms with Gasteiger partial charge in [0.15, 0.2) is 5.75 Å². The first-order chi connectivity index (χ1) is 12.5. The molecule has 0 saturated carbocycles. The first kappa shape index (κ1) is 23.0. The Morgan fingerprint density at radius 1 is 0.964 bits per heavy atom. The van der Waals surface area contributed by atoms with E-state index in [0.29, 0.717) is 5.19 Å². The van der Waals surface area contributed by atoms with Crippen molar-refractivity contribution in [3.05, 3.63) is 45.4 Å². The molecule has 0 fully saturated rings. The van der Waals surface area contributed by atoms with E-state index in [-0.39, 0.29) is 10.2 Å². The quantitative estimate of drug-likeness (QED) is 0.305. The number of halogens is 4. The summed E-state index contributed by atoms with van der Waals surface area (Å²) in [6, 6.07) is 7.42. The predicted octanol–water partition coefficient (Wildman–Crippen LogP) is 5.81. The van der Waals surface area contributed by atoms with Crippen LogP contribution in [0.2, 0.25) is 19.6 Å². The van der Waals surface area contributed by atoms with Gasteiger partial charge >= 0.3 is 15.6 Å². The van der Waals surface area contributed by atoms with E-state index in [0.717, 1.165) is 27.8 Å². The third-order valence-corrected chi connectivity index (χ3v) is 7.82. The summed E-state index contributed by atoms with van der Waals surface area (Å²) in [6.45, 7) is 11.7. The molecule has 0 aliphatic heterocycles. The fourth-order valence-corrected chi connectivity index (χ4v) is 6.03. The van der Waals surface area contributed by atoms with Crippen molar-refractivity contribution in [3.63, 3.8) is 0 Å². The van der Waals surface area contributed by atoms with Crippen molar-refractivity contribution in [1.29, 1.82) is 0 Å². The maximum absolute atomic E-state index is 12.9. The largest absolute Gasteiger partial charge is 0.534 e. The summed E-state index contributed by atoms with van der Waals surface area (Å²) in [6.07, 6.45) is 0. The Labute approximate surface area is 173 Å². The lowest BCUT2D eigenvalue weighted by molar-refractivity contribution is -0.0499. The van der Waals surface area contributed by atoms with Crippen molar-refractivity contribution in [3.8, 4) is 16.9 Å². The van der Waals surface area contributed by atoms with Gasteiger partial charge in [0.2, 0.25) is 0 Å². The van der Waals surface area contributed by atoms with Crippen LogP contribution in [0, 0.1) is 20.8 Å². The molecule has 0 radical (unpaired) electrons. The molecule has 0 aliphatic rings. The number of aryl methyl sites for hydroxylation is 3. The summed E-state index contributed by atoms with van der Waals surface area (Å²) < 4.78 is 66.5. The number of hydrogen-bond acceptors (Lipinski definition) is 3. The van der Waals surface area contributed by atoms with Crippen LogP contribution in [-0.4, -0.2) is 22.0 Å². The lowest BCUT2D eigenvalue weighted by Gasteiger charge is -2.24. The molecule has 0 aliphatic carbocycles. The van der Waals surface area contributed by atoms with Crippen LogP contribution in [0.3, 0.4) is 0 Å². The van der Waals surface area contributed by atoms with Gasteiger partial charge in [0.1, 0.15) is 0 Å². The van der Waals surface area contributed by atoms with Gasteiger partial charge in [-0.05, 0) is 70.2 Å². The van der Waals surface area contributed by atoms with Gasteiger partial charge in [-0.15, -0.1) is 0 Å². The highest BCUT2D eigenvalue weighted by Gasteiger charge is 2.49. The second kappa shape index (κ2) is 7.49. The summed E-state index contributed by atoms with van der Waals surface area (Å²) in [5, 5.41) is 0.490. The Balaban J connectivity index is 2.77. The highest BCUT2D eigenvalue weighted by Crippen LogP contribution is 2.37. The molecule has 28 heavy (non-hydrogen) atoms. The van der Waals surface area contributed by atoms with E-state index < -0.39 is 23.7 Å². The van der Waals surface area contributed by atoms with Crippen LogP contribution in [0.25, 0.3) is 11.1 Å². The Morgan fingerprint density at radius 2 is 1.46 bits per heavy atom. The van der Waals surface area contributed by atoms with E-state index in [1.165, 1.54) is 0 Å². The number of benzene rings is 2. The molecular formula is C19H22BrF3O3SSi. The molecule has 2 aromatic carbocycles. The Bertz CT molecular complexity index is 1000. The summed E-state index contributed by atoms with van der Waals surface area (Å²) in [4.78, 5) is 0. The van der Waals surface area contributed by atoms with Crippen LogP contribution >= 0.6 is 15.9 Å². The molecule has 0 aromatic heterocycles. The Kier molecular flexibility index (Phi) is 6.15. The molecule has 0 spiro atoms. The smallest absolute Gasteiger partial charge is 0.375 e. The summed E-state index contributed by atoms with van der Waals surface area (Å²) in [5.74, 6) is -0.289. The first-order valence-electron chi connectivity index (χ1n) is 8.47. The molecule has 0 N–H and O–H groups in total. The highest BCUT2D eigenvalue weighted by molar-refractivity contribution is 9.10. The molecule has 154 valence electrons. The van der Waals surface area contributed by atoms with E-state index in [1.54, 1.807) is 12.1 Å². The third-order valence-electron chi connectivity index (χ3n) is 4.29. The normalized spacial score (nSPS) is 12.9. The molecule has 3 nitrogen and oxygen atoms in total. The lowest BCUT2D eigenvalue weighted by Crippen LogP contribution is -2.40. The average molecular weight is 495 g/mol. The fourth-order valence-electron chi connectivity index (χ4n) is 3.17. The molecule has 0 unspecified atom stereocenters. The monoisotopic (exact) mass is 494 g/mol. The maximum Gasteiger partial charge on any atom is 0.534 e. The van der Waals surface area contributed by atoms with E-state index in [2.05, 4.69) is 20.1 Å². The van der Waals surface area contributed by atoms with Crippen LogP contribution in [0.5, 0.6) is 5.75 Å². The first-order valence-corrected chi connectivity index (χ1v) is 14.2. The number of alkyl halides is 3. The molecule has 0 atom stereocenters. The zero-order valence-electron chi connectivity index (χ0n) is 16.5. The van der Waals surface area contributed by atoms with Crippen molar-refractivity contribution in [2.75, 3.05) is 0 Å². The van der Waals surface area contributed by atoms with Crippen molar-refractivity contribution in [2.45, 2.75) is 45.9 Å².